The highest BCUT2D eigenvalue weighted by molar-refractivity contribution is 7.09. The lowest BCUT2D eigenvalue weighted by Gasteiger charge is -2.34. The number of hydrogen-bond acceptors (Lipinski definition) is 5. The van der Waals surface area contributed by atoms with E-state index in [0.29, 0.717) is 18.7 Å². The van der Waals surface area contributed by atoms with E-state index in [1.54, 1.807) is 34.3 Å². The number of piperazine rings is 1. The molecule has 1 amide bonds. The maximum absolute atomic E-state index is 13.2. The molecule has 0 bridgehead atoms. The van der Waals surface area contributed by atoms with Crippen molar-refractivity contribution in [2.24, 2.45) is 0 Å². The van der Waals surface area contributed by atoms with Crippen LogP contribution < -0.4 is 0 Å². The predicted molar refractivity (Wildman–Crippen MR) is 106 cm³/mol. The summed E-state index contributed by atoms with van der Waals surface area (Å²) in [7, 11) is 0. The zero-order valence-corrected chi connectivity index (χ0v) is 16.7. The summed E-state index contributed by atoms with van der Waals surface area (Å²) in [5, 5.41) is 7.51. The van der Waals surface area contributed by atoms with Gasteiger partial charge in [-0.05, 0) is 38.1 Å². The molecule has 28 heavy (non-hydrogen) atoms. The van der Waals surface area contributed by atoms with E-state index < -0.39 is 0 Å². The number of aromatic nitrogens is 3. The smallest absolute Gasteiger partial charge is 0.257 e. The highest BCUT2D eigenvalue weighted by atomic mass is 32.1. The van der Waals surface area contributed by atoms with Crippen molar-refractivity contribution in [3.05, 3.63) is 63.6 Å². The number of hydrogen-bond donors (Lipinski definition) is 0. The minimum absolute atomic E-state index is 0.00462. The van der Waals surface area contributed by atoms with Gasteiger partial charge in [0.05, 0.1) is 33.8 Å². The molecule has 0 aliphatic carbocycles. The molecule has 0 atom stereocenters. The van der Waals surface area contributed by atoms with E-state index in [0.717, 1.165) is 41.7 Å². The second kappa shape index (κ2) is 7.81. The molecule has 1 fully saturated rings. The summed E-state index contributed by atoms with van der Waals surface area (Å²) in [6, 6.07) is 6.09. The average molecular weight is 399 g/mol. The van der Waals surface area contributed by atoms with Crippen molar-refractivity contribution in [2.75, 3.05) is 26.2 Å². The molecule has 0 unspecified atom stereocenters. The molecule has 1 aliphatic heterocycles. The van der Waals surface area contributed by atoms with Crippen LogP contribution in [0.25, 0.3) is 5.69 Å². The van der Waals surface area contributed by atoms with Crippen LogP contribution >= 0.6 is 11.3 Å². The number of amides is 1. The number of carbonyl (C=O) groups is 1. The topological polar surface area (TPSA) is 54.3 Å². The lowest BCUT2D eigenvalue weighted by atomic mass is 10.2. The molecule has 2 aromatic heterocycles. The Balaban J connectivity index is 1.41. The highest BCUT2D eigenvalue weighted by Gasteiger charge is 2.25. The summed E-state index contributed by atoms with van der Waals surface area (Å²) in [6.07, 6.45) is 1.60. The Bertz CT molecular complexity index is 973. The number of nitrogens with zero attached hydrogens (tertiary/aromatic N) is 5. The maximum Gasteiger partial charge on any atom is 0.257 e. The van der Waals surface area contributed by atoms with E-state index >= 15 is 0 Å². The third kappa shape index (κ3) is 3.83. The molecular weight excluding hydrogens is 377 g/mol. The standard InChI is InChI=1S/C20H22FN5OS/c1-14-19(11-22-26(14)18-5-3-16(21)4-6-18)20(27)25-9-7-24(8-10-25)12-17-13-28-15(2)23-17/h3-6,11,13H,7-10,12H2,1-2H3. The Hall–Kier alpha value is -2.58. The molecular formula is C20H22FN5OS. The minimum atomic E-state index is -0.296. The Morgan fingerprint density at radius 1 is 1.14 bits per heavy atom. The van der Waals surface area contributed by atoms with Crippen molar-refractivity contribution >= 4 is 17.2 Å². The van der Waals surface area contributed by atoms with Gasteiger partial charge in [-0.25, -0.2) is 14.1 Å². The van der Waals surface area contributed by atoms with Crippen LogP contribution in [0.5, 0.6) is 0 Å². The van der Waals surface area contributed by atoms with Crippen LogP contribution in [0.4, 0.5) is 4.39 Å². The van der Waals surface area contributed by atoms with E-state index in [-0.39, 0.29) is 11.7 Å². The molecule has 0 radical (unpaired) electrons. The Morgan fingerprint density at radius 2 is 1.86 bits per heavy atom. The van der Waals surface area contributed by atoms with Crippen molar-refractivity contribution in [1.29, 1.82) is 0 Å². The molecule has 3 aromatic rings. The maximum atomic E-state index is 13.2. The van der Waals surface area contributed by atoms with Crippen LogP contribution in [-0.4, -0.2) is 56.7 Å². The van der Waals surface area contributed by atoms with Gasteiger partial charge in [-0.3, -0.25) is 9.69 Å². The van der Waals surface area contributed by atoms with Gasteiger partial charge in [0.1, 0.15) is 5.82 Å². The summed E-state index contributed by atoms with van der Waals surface area (Å²) >= 11 is 1.67. The van der Waals surface area contributed by atoms with Crippen molar-refractivity contribution in [3.63, 3.8) is 0 Å². The third-order valence-corrected chi connectivity index (χ3v) is 5.85. The molecule has 0 N–H and O–H groups in total. The molecule has 0 saturated carbocycles. The third-order valence-electron chi connectivity index (χ3n) is 5.02. The van der Waals surface area contributed by atoms with Crippen LogP contribution in [0, 0.1) is 19.7 Å². The van der Waals surface area contributed by atoms with Gasteiger partial charge in [-0.15, -0.1) is 11.3 Å². The lowest BCUT2D eigenvalue weighted by Crippen LogP contribution is -2.48. The number of rotatable bonds is 4. The van der Waals surface area contributed by atoms with Crippen molar-refractivity contribution in [3.8, 4) is 5.69 Å². The lowest BCUT2D eigenvalue weighted by molar-refractivity contribution is 0.0626. The number of halogens is 1. The first kappa shape index (κ1) is 18.8. The van der Waals surface area contributed by atoms with E-state index in [4.69, 9.17) is 0 Å². The summed E-state index contributed by atoms with van der Waals surface area (Å²) in [6.45, 7) is 7.73. The summed E-state index contributed by atoms with van der Waals surface area (Å²) in [5.41, 5.74) is 3.19. The van der Waals surface area contributed by atoms with E-state index in [1.807, 2.05) is 18.7 Å². The van der Waals surface area contributed by atoms with Crippen molar-refractivity contribution < 1.29 is 9.18 Å². The van der Waals surface area contributed by atoms with Crippen molar-refractivity contribution in [2.45, 2.75) is 20.4 Å². The molecule has 1 aliphatic rings. The normalized spacial score (nSPS) is 15.2. The van der Waals surface area contributed by atoms with Crippen molar-refractivity contribution in [1.82, 2.24) is 24.6 Å². The summed E-state index contributed by atoms with van der Waals surface area (Å²) in [5.74, 6) is -0.300. The van der Waals surface area contributed by atoms with Gasteiger partial charge in [0.25, 0.3) is 5.91 Å². The molecule has 1 aromatic carbocycles. The van der Waals surface area contributed by atoms with Crippen LogP contribution in [-0.2, 0) is 6.54 Å². The fourth-order valence-corrected chi connectivity index (χ4v) is 4.06. The fourth-order valence-electron chi connectivity index (χ4n) is 3.45. The monoisotopic (exact) mass is 399 g/mol. The minimum Gasteiger partial charge on any atom is -0.336 e. The summed E-state index contributed by atoms with van der Waals surface area (Å²) in [4.78, 5) is 21.7. The molecule has 4 rings (SSSR count). The average Bonchev–Trinajstić information content (AvgIpc) is 3.28. The van der Waals surface area contributed by atoms with E-state index in [2.05, 4.69) is 20.4 Å². The SMILES string of the molecule is Cc1nc(CN2CCN(C(=O)c3cnn(-c4ccc(F)cc4)c3C)CC2)cs1. The van der Waals surface area contributed by atoms with Gasteiger partial charge >= 0.3 is 0 Å². The van der Waals surface area contributed by atoms with Crippen LogP contribution in [0.2, 0.25) is 0 Å². The molecule has 6 nitrogen and oxygen atoms in total. The number of thiazole rings is 1. The molecule has 3 heterocycles. The number of aryl methyl sites for hydroxylation is 1. The van der Waals surface area contributed by atoms with E-state index in [9.17, 15) is 9.18 Å². The van der Waals surface area contributed by atoms with Crippen LogP contribution in [0.3, 0.4) is 0 Å². The number of carbonyl (C=O) groups excluding carboxylic acids is 1. The zero-order chi connectivity index (χ0) is 19.7. The van der Waals surface area contributed by atoms with Crippen LogP contribution in [0.15, 0.2) is 35.8 Å². The Kier molecular flexibility index (Phi) is 5.23. The van der Waals surface area contributed by atoms with Crippen LogP contribution in [0.1, 0.15) is 26.8 Å². The van der Waals surface area contributed by atoms with Gasteiger partial charge in [-0.2, -0.15) is 5.10 Å². The van der Waals surface area contributed by atoms with Gasteiger partial charge in [-0.1, -0.05) is 0 Å². The molecule has 146 valence electrons. The Morgan fingerprint density at radius 3 is 2.50 bits per heavy atom. The van der Waals surface area contributed by atoms with Gasteiger partial charge < -0.3 is 4.90 Å². The number of benzene rings is 1. The molecule has 8 heteroatoms. The van der Waals surface area contributed by atoms with Gasteiger partial charge in [0.15, 0.2) is 0 Å². The molecule has 1 saturated heterocycles. The second-order valence-electron chi connectivity index (χ2n) is 6.96. The second-order valence-corrected chi connectivity index (χ2v) is 8.02. The first-order valence-electron chi connectivity index (χ1n) is 9.24. The first-order chi connectivity index (χ1) is 13.5. The highest BCUT2D eigenvalue weighted by Crippen LogP contribution is 2.18. The molecule has 0 spiro atoms. The predicted octanol–water partition coefficient (Wildman–Crippen LogP) is 3.04. The van der Waals surface area contributed by atoms with Gasteiger partial charge in [0, 0.05) is 38.1 Å². The fraction of sp³-hybridized carbons (Fsp3) is 0.350. The quantitative estimate of drug-likeness (QED) is 0.677. The zero-order valence-electron chi connectivity index (χ0n) is 15.9. The van der Waals surface area contributed by atoms with E-state index in [1.165, 1.54) is 12.1 Å². The van der Waals surface area contributed by atoms with Gasteiger partial charge in [0.2, 0.25) is 0 Å². The largest absolute Gasteiger partial charge is 0.336 e. The summed E-state index contributed by atoms with van der Waals surface area (Å²) < 4.78 is 14.8. The Labute approximate surface area is 167 Å². The first-order valence-corrected chi connectivity index (χ1v) is 10.1.